The molecule has 0 N–H and O–H groups in total. The molecule has 3 aromatic rings. The van der Waals surface area contributed by atoms with Crippen LogP contribution in [-0.4, -0.2) is 58.1 Å². The summed E-state index contributed by atoms with van der Waals surface area (Å²) in [6.45, 7) is 5.45. The van der Waals surface area contributed by atoms with Gasteiger partial charge in [0, 0.05) is 36.2 Å². The van der Waals surface area contributed by atoms with Gasteiger partial charge in [-0.2, -0.15) is 4.98 Å². The number of halogens is 1. The van der Waals surface area contributed by atoms with E-state index < -0.39 is 9.84 Å². The molecule has 0 radical (unpaired) electrons. The number of aromatic nitrogens is 1. The molecule has 7 nitrogen and oxygen atoms in total. The number of ether oxygens (including phenoxy) is 1. The van der Waals surface area contributed by atoms with Crippen LogP contribution in [0.4, 0.5) is 5.88 Å². The highest BCUT2D eigenvalue weighted by Gasteiger charge is 2.32. The second kappa shape index (κ2) is 9.02. The number of sulfone groups is 1. The van der Waals surface area contributed by atoms with Gasteiger partial charge in [0.2, 0.25) is 26.6 Å². The second-order valence-corrected chi connectivity index (χ2v) is 10.1. The predicted octanol–water partition coefficient (Wildman–Crippen LogP) is 4.09. The maximum Gasteiger partial charge on any atom is 0.236 e. The molecular weight excluding hydrogens is 482 g/mol. The van der Waals surface area contributed by atoms with E-state index in [9.17, 15) is 8.42 Å². The Morgan fingerprint density at radius 1 is 1.03 bits per heavy atom. The number of likely N-dealkylation sites (N-methyl/N-ethyl adjacent to an activating group) is 1. The number of hydrogen-bond donors (Lipinski definition) is 0. The van der Waals surface area contributed by atoms with Crippen LogP contribution in [0.5, 0.6) is 5.75 Å². The second-order valence-electron chi connectivity index (χ2n) is 7.33. The van der Waals surface area contributed by atoms with Crippen LogP contribution in [0.1, 0.15) is 6.92 Å². The Labute approximate surface area is 190 Å². The highest BCUT2D eigenvalue weighted by Crippen LogP contribution is 2.35. The van der Waals surface area contributed by atoms with Crippen molar-refractivity contribution in [3.63, 3.8) is 0 Å². The monoisotopic (exact) mass is 505 g/mol. The first-order chi connectivity index (χ1) is 14.9. The molecule has 2 aromatic carbocycles. The third kappa shape index (κ3) is 4.63. The van der Waals surface area contributed by atoms with E-state index in [1.807, 2.05) is 43.1 Å². The van der Waals surface area contributed by atoms with Crippen molar-refractivity contribution in [2.24, 2.45) is 0 Å². The van der Waals surface area contributed by atoms with E-state index >= 15 is 0 Å². The number of benzene rings is 2. The van der Waals surface area contributed by atoms with E-state index in [1.54, 1.807) is 24.3 Å². The highest BCUT2D eigenvalue weighted by atomic mass is 79.9. The molecule has 0 unspecified atom stereocenters. The van der Waals surface area contributed by atoms with Gasteiger partial charge in [0.05, 0.1) is 11.5 Å². The quantitative estimate of drug-likeness (QED) is 0.499. The smallest absolute Gasteiger partial charge is 0.236 e. The van der Waals surface area contributed by atoms with E-state index in [2.05, 4.69) is 25.8 Å². The topological polar surface area (TPSA) is 75.9 Å². The van der Waals surface area contributed by atoms with Gasteiger partial charge in [0.25, 0.3) is 0 Å². The number of piperazine rings is 1. The van der Waals surface area contributed by atoms with Crippen LogP contribution in [0.15, 0.2) is 67.3 Å². The van der Waals surface area contributed by atoms with Gasteiger partial charge in [-0.05, 0) is 62.5 Å². The Balaban J connectivity index is 1.77. The number of anilines is 1. The van der Waals surface area contributed by atoms with Crippen molar-refractivity contribution in [1.82, 2.24) is 9.88 Å². The Morgan fingerprint density at radius 3 is 2.29 bits per heavy atom. The van der Waals surface area contributed by atoms with E-state index in [4.69, 9.17) is 9.15 Å². The van der Waals surface area contributed by atoms with Crippen molar-refractivity contribution in [3.05, 3.63) is 53.0 Å². The third-order valence-corrected chi connectivity index (χ3v) is 7.36. The Hall–Kier alpha value is -2.36. The molecule has 1 aromatic heterocycles. The van der Waals surface area contributed by atoms with Crippen molar-refractivity contribution in [2.45, 2.75) is 16.8 Å². The Kier molecular flexibility index (Phi) is 6.36. The van der Waals surface area contributed by atoms with E-state index in [0.717, 1.165) is 23.3 Å². The van der Waals surface area contributed by atoms with Crippen LogP contribution in [0.25, 0.3) is 11.5 Å². The minimum atomic E-state index is -3.86. The molecule has 0 bridgehead atoms. The zero-order valence-corrected chi connectivity index (χ0v) is 19.8. The van der Waals surface area contributed by atoms with Crippen LogP contribution in [0.2, 0.25) is 0 Å². The Bertz CT molecular complexity index is 1140. The van der Waals surface area contributed by atoms with Crippen LogP contribution >= 0.6 is 15.9 Å². The minimum Gasteiger partial charge on any atom is -0.494 e. The summed E-state index contributed by atoms with van der Waals surface area (Å²) in [5, 5.41) is -0.0525. The largest absolute Gasteiger partial charge is 0.494 e. The molecule has 0 spiro atoms. The lowest BCUT2D eigenvalue weighted by molar-refractivity contribution is 0.305. The predicted molar refractivity (Wildman–Crippen MR) is 122 cm³/mol. The lowest BCUT2D eigenvalue weighted by atomic mass is 10.2. The number of rotatable bonds is 6. The van der Waals surface area contributed by atoms with Gasteiger partial charge in [-0.3, -0.25) is 0 Å². The first kappa shape index (κ1) is 21.9. The fourth-order valence-corrected chi connectivity index (χ4v) is 4.98. The van der Waals surface area contributed by atoms with Crippen molar-refractivity contribution in [2.75, 3.05) is 44.7 Å². The van der Waals surface area contributed by atoms with Gasteiger partial charge in [-0.1, -0.05) is 15.9 Å². The molecule has 0 aliphatic carbocycles. The van der Waals surface area contributed by atoms with Crippen molar-refractivity contribution >= 4 is 31.7 Å². The first-order valence-corrected chi connectivity index (χ1v) is 12.3. The van der Waals surface area contributed by atoms with Gasteiger partial charge in [-0.15, -0.1) is 0 Å². The summed E-state index contributed by atoms with van der Waals surface area (Å²) in [5.41, 5.74) is 0.691. The van der Waals surface area contributed by atoms with Crippen LogP contribution in [0, 0.1) is 0 Å². The van der Waals surface area contributed by atoms with Crippen molar-refractivity contribution in [3.8, 4) is 17.2 Å². The third-order valence-electron chi connectivity index (χ3n) is 5.16. The number of nitrogens with zero attached hydrogens (tertiary/aromatic N) is 3. The fourth-order valence-electron chi connectivity index (χ4n) is 3.39. The molecule has 1 aliphatic rings. The molecule has 2 heterocycles. The summed E-state index contributed by atoms with van der Waals surface area (Å²) in [4.78, 5) is 8.79. The normalized spacial score (nSPS) is 15.3. The standard InChI is InChI=1S/C22H24BrN3O4S/c1-3-29-18-8-4-16(5-9-18)20-24-21(22(30-20)26-14-12-25(2)13-15-26)31(27,28)19-10-6-17(23)7-11-19/h4-11H,3,12-15H2,1-2H3. The zero-order chi connectivity index (χ0) is 22.0. The molecule has 0 atom stereocenters. The Morgan fingerprint density at radius 2 is 1.68 bits per heavy atom. The molecule has 1 aliphatic heterocycles. The summed E-state index contributed by atoms with van der Waals surface area (Å²) in [7, 11) is -1.81. The molecule has 9 heteroatoms. The summed E-state index contributed by atoms with van der Waals surface area (Å²) in [5.74, 6) is 1.30. The molecule has 164 valence electrons. The maximum atomic E-state index is 13.5. The number of hydrogen-bond acceptors (Lipinski definition) is 7. The molecular formula is C22H24BrN3O4S. The molecule has 4 rings (SSSR count). The fraction of sp³-hybridized carbons (Fsp3) is 0.318. The average Bonchev–Trinajstić information content (AvgIpc) is 3.22. The summed E-state index contributed by atoms with van der Waals surface area (Å²) >= 11 is 3.35. The SMILES string of the molecule is CCOc1ccc(-c2nc(S(=O)(=O)c3ccc(Br)cc3)c(N3CCN(C)CC3)o2)cc1. The van der Waals surface area contributed by atoms with Crippen LogP contribution in [0.3, 0.4) is 0 Å². The molecule has 31 heavy (non-hydrogen) atoms. The van der Waals surface area contributed by atoms with E-state index in [-0.39, 0.29) is 15.8 Å². The van der Waals surface area contributed by atoms with Crippen LogP contribution in [-0.2, 0) is 9.84 Å². The molecule has 1 fully saturated rings. The van der Waals surface area contributed by atoms with Gasteiger partial charge in [-0.25, -0.2) is 8.42 Å². The summed E-state index contributed by atoms with van der Waals surface area (Å²) < 4.78 is 39.3. The van der Waals surface area contributed by atoms with E-state index in [1.165, 1.54) is 0 Å². The highest BCUT2D eigenvalue weighted by molar-refractivity contribution is 9.10. The van der Waals surface area contributed by atoms with Crippen molar-refractivity contribution < 1.29 is 17.6 Å². The van der Waals surface area contributed by atoms with Crippen LogP contribution < -0.4 is 9.64 Å². The molecule has 0 saturated carbocycles. The summed E-state index contributed by atoms with van der Waals surface area (Å²) in [6, 6.07) is 13.8. The first-order valence-electron chi connectivity index (χ1n) is 10.1. The van der Waals surface area contributed by atoms with Crippen molar-refractivity contribution in [1.29, 1.82) is 0 Å². The van der Waals surface area contributed by atoms with Gasteiger partial charge < -0.3 is 19.0 Å². The lowest BCUT2D eigenvalue weighted by Crippen LogP contribution is -2.44. The zero-order valence-electron chi connectivity index (χ0n) is 17.4. The molecule has 1 saturated heterocycles. The maximum absolute atomic E-state index is 13.5. The van der Waals surface area contributed by atoms with E-state index in [0.29, 0.717) is 31.1 Å². The van der Waals surface area contributed by atoms with Gasteiger partial charge in [0.15, 0.2) is 0 Å². The average molecular weight is 506 g/mol. The lowest BCUT2D eigenvalue weighted by Gasteiger charge is -2.32. The molecule has 0 amide bonds. The van der Waals surface area contributed by atoms with Gasteiger partial charge >= 0.3 is 0 Å². The van der Waals surface area contributed by atoms with Gasteiger partial charge in [0.1, 0.15) is 5.75 Å². The number of oxazole rings is 1. The minimum absolute atomic E-state index is 0.0525. The summed E-state index contributed by atoms with van der Waals surface area (Å²) in [6.07, 6.45) is 0.